The van der Waals surface area contributed by atoms with Crippen LogP contribution in [0.5, 0.6) is 12.0 Å². The molecule has 0 aliphatic rings. The molecule has 8 nitrogen and oxygen atoms in total. The van der Waals surface area contributed by atoms with E-state index in [1.807, 2.05) is 19.9 Å². The lowest BCUT2D eigenvalue weighted by Crippen LogP contribution is -2.09. The molecule has 0 bridgehead atoms. The van der Waals surface area contributed by atoms with Crippen LogP contribution >= 0.6 is 0 Å². The van der Waals surface area contributed by atoms with Crippen LogP contribution in [0.3, 0.4) is 0 Å². The molecule has 0 aliphatic carbocycles. The first kappa shape index (κ1) is 16.0. The average molecular weight is 310 g/mol. The minimum absolute atomic E-state index is 0.0110. The van der Waals surface area contributed by atoms with Crippen LogP contribution in [-0.2, 0) is 0 Å². The molecule has 0 amide bonds. The van der Waals surface area contributed by atoms with Crippen LogP contribution in [0.4, 0.5) is 11.9 Å². The van der Waals surface area contributed by atoms with Crippen molar-refractivity contribution in [3.05, 3.63) is 17.5 Å². The van der Waals surface area contributed by atoms with Gasteiger partial charge in [0.2, 0.25) is 11.9 Å². The highest BCUT2D eigenvalue weighted by molar-refractivity contribution is 5.43. The van der Waals surface area contributed by atoms with E-state index in [-0.39, 0.29) is 31.2 Å². The highest BCUT2D eigenvalue weighted by Gasteiger charge is 2.10. The van der Waals surface area contributed by atoms with Gasteiger partial charge in [-0.25, -0.2) is 9.97 Å². The van der Waals surface area contributed by atoms with Crippen molar-refractivity contribution >= 4 is 11.9 Å². The number of terminal acetylenes is 2. The fourth-order valence-electron chi connectivity index (χ4n) is 1.62. The summed E-state index contributed by atoms with van der Waals surface area (Å²) in [6.45, 7) is 3.74. The molecule has 0 fully saturated rings. The van der Waals surface area contributed by atoms with E-state index >= 15 is 0 Å². The zero-order chi connectivity index (χ0) is 16.7. The first-order valence-electron chi connectivity index (χ1n) is 6.58. The van der Waals surface area contributed by atoms with Crippen molar-refractivity contribution < 1.29 is 9.47 Å². The van der Waals surface area contributed by atoms with Gasteiger partial charge in [-0.15, -0.1) is 17.8 Å². The number of ether oxygens (including phenoxy) is 2. The quantitative estimate of drug-likeness (QED) is 0.791. The van der Waals surface area contributed by atoms with Crippen molar-refractivity contribution in [3.63, 3.8) is 0 Å². The highest BCUT2D eigenvalue weighted by atomic mass is 16.5. The zero-order valence-electron chi connectivity index (χ0n) is 12.7. The second kappa shape index (κ2) is 7.57. The molecule has 8 heteroatoms. The smallest absolute Gasteiger partial charge is 0.325 e. The number of aryl methyl sites for hydroxylation is 2. The SMILES string of the molecule is C#CCOc1nc(Nc2nc(C)cc(C)n2)nc(OCC#C)n1. The average Bonchev–Trinajstić information content (AvgIpc) is 2.49. The molecule has 0 spiro atoms. The van der Waals surface area contributed by atoms with Gasteiger partial charge in [0.25, 0.3) is 0 Å². The van der Waals surface area contributed by atoms with E-state index in [1.165, 1.54) is 0 Å². The highest BCUT2D eigenvalue weighted by Crippen LogP contribution is 2.16. The second-order valence-corrected chi connectivity index (χ2v) is 4.31. The van der Waals surface area contributed by atoms with Crippen molar-refractivity contribution in [2.45, 2.75) is 13.8 Å². The lowest BCUT2D eigenvalue weighted by Gasteiger charge is -2.08. The predicted molar refractivity (Wildman–Crippen MR) is 83.3 cm³/mol. The second-order valence-electron chi connectivity index (χ2n) is 4.31. The van der Waals surface area contributed by atoms with Gasteiger partial charge < -0.3 is 9.47 Å². The Bertz CT molecular complexity index is 722. The van der Waals surface area contributed by atoms with Gasteiger partial charge in [-0.3, -0.25) is 5.32 Å². The first-order valence-corrected chi connectivity index (χ1v) is 6.58. The molecule has 0 aliphatic heterocycles. The summed E-state index contributed by atoms with van der Waals surface area (Å²) in [5.41, 5.74) is 1.61. The van der Waals surface area contributed by atoms with E-state index in [0.29, 0.717) is 5.95 Å². The molecule has 116 valence electrons. The number of hydrogen-bond donors (Lipinski definition) is 1. The van der Waals surface area contributed by atoms with E-state index in [4.69, 9.17) is 22.3 Å². The standard InChI is InChI=1S/C15H14N6O2/c1-5-7-22-14-19-13(20-15(21-14)23-8-6-2)18-12-16-10(3)9-11(4)17-12/h1-2,9H,7-8H2,3-4H3,(H,16,17,18,19,20,21). The van der Waals surface area contributed by atoms with Gasteiger partial charge in [0.15, 0.2) is 13.2 Å². The van der Waals surface area contributed by atoms with Crippen molar-refractivity contribution in [1.29, 1.82) is 0 Å². The van der Waals surface area contributed by atoms with Gasteiger partial charge in [0.1, 0.15) is 0 Å². The Morgan fingerprint density at radius 1 is 0.870 bits per heavy atom. The normalized spacial score (nSPS) is 9.57. The van der Waals surface area contributed by atoms with Gasteiger partial charge in [0, 0.05) is 11.4 Å². The van der Waals surface area contributed by atoms with Crippen LogP contribution in [0, 0.1) is 38.5 Å². The maximum atomic E-state index is 5.19. The van der Waals surface area contributed by atoms with Crippen LogP contribution < -0.4 is 14.8 Å². The van der Waals surface area contributed by atoms with Gasteiger partial charge in [-0.2, -0.15) is 9.97 Å². The Morgan fingerprint density at radius 2 is 1.35 bits per heavy atom. The van der Waals surface area contributed by atoms with Crippen LogP contribution in [0.1, 0.15) is 11.4 Å². The van der Waals surface area contributed by atoms with Gasteiger partial charge in [-0.05, 0) is 19.9 Å². The summed E-state index contributed by atoms with van der Waals surface area (Å²) in [5.74, 6) is 5.15. The number of rotatable bonds is 6. The molecule has 0 atom stereocenters. The fraction of sp³-hybridized carbons (Fsp3) is 0.267. The number of hydrogen-bond acceptors (Lipinski definition) is 8. The molecule has 0 unspecified atom stereocenters. The van der Waals surface area contributed by atoms with Gasteiger partial charge in [-0.1, -0.05) is 11.8 Å². The van der Waals surface area contributed by atoms with Crippen LogP contribution in [-0.4, -0.2) is 38.1 Å². The third kappa shape index (κ3) is 4.83. The molecule has 2 heterocycles. The number of anilines is 2. The summed E-state index contributed by atoms with van der Waals surface area (Å²) >= 11 is 0. The molecule has 2 aromatic rings. The van der Waals surface area contributed by atoms with E-state index in [2.05, 4.69) is 42.1 Å². The Balaban J connectivity index is 2.28. The van der Waals surface area contributed by atoms with Crippen LogP contribution in [0.25, 0.3) is 0 Å². The Kier molecular flexibility index (Phi) is 5.26. The molecule has 2 aromatic heterocycles. The maximum Gasteiger partial charge on any atom is 0.325 e. The maximum absolute atomic E-state index is 5.19. The molecule has 23 heavy (non-hydrogen) atoms. The van der Waals surface area contributed by atoms with Crippen LogP contribution in [0.15, 0.2) is 6.07 Å². The van der Waals surface area contributed by atoms with E-state index in [0.717, 1.165) is 11.4 Å². The van der Waals surface area contributed by atoms with Crippen molar-refractivity contribution in [2.24, 2.45) is 0 Å². The molecular weight excluding hydrogens is 296 g/mol. The summed E-state index contributed by atoms with van der Waals surface area (Å²) < 4.78 is 10.4. The van der Waals surface area contributed by atoms with Crippen molar-refractivity contribution in [1.82, 2.24) is 24.9 Å². The van der Waals surface area contributed by atoms with E-state index in [9.17, 15) is 0 Å². The third-order valence-corrected chi connectivity index (χ3v) is 2.37. The molecule has 0 aromatic carbocycles. The third-order valence-electron chi connectivity index (χ3n) is 2.37. The topological polar surface area (TPSA) is 94.9 Å². The summed E-state index contributed by atoms with van der Waals surface area (Å²) in [5, 5.41) is 2.87. The van der Waals surface area contributed by atoms with Crippen LogP contribution in [0.2, 0.25) is 0 Å². The molecule has 2 rings (SSSR count). The Hall–Kier alpha value is -3.39. The molecule has 0 saturated carbocycles. The van der Waals surface area contributed by atoms with E-state index < -0.39 is 0 Å². The van der Waals surface area contributed by atoms with Crippen molar-refractivity contribution in [2.75, 3.05) is 18.5 Å². The zero-order valence-corrected chi connectivity index (χ0v) is 12.7. The van der Waals surface area contributed by atoms with Crippen molar-refractivity contribution in [3.8, 4) is 36.7 Å². The van der Waals surface area contributed by atoms with Gasteiger partial charge in [0.05, 0.1) is 0 Å². The first-order chi connectivity index (χ1) is 11.1. The minimum Gasteiger partial charge on any atom is -0.450 e. The largest absolute Gasteiger partial charge is 0.450 e. The lowest BCUT2D eigenvalue weighted by atomic mass is 10.4. The Morgan fingerprint density at radius 3 is 1.83 bits per heavy atom. The Labute approximate surface area is 133 Å². The summed E-state index contributed by atoms with van der Waals surface area (Å²) in [7, 11) is 0. The predicted octanol–water partition coefficient (Wildman–Crippen LogP) is 1.05. The number of nitrogens with zero attached hydrogens (tertiary/aromatic N) is 5. The molecule has 0 saturated heterocycles. The fourth-order valence-corrected chi connectivity index (χ4v) is 1.62. The van der Waals surface area contributed by atoms with E-state index in [1.54, 1.807) is 0 Å². The van der Waals surface area contributed by atoms with Gasteiger partial charge >= 0.3 is 12.0 Å². The molecular formula is C15H14N6O2. The number of nitrogens with one attached hydrogen (secondary N) is 1. The summed E-state index contributed by atoms with van der Waals surface area (Å²) in [4.78, 5) is 20.6. The summed E-state index contributed by atoms with van der Waals surface area (Å²) in [6.07, 6.45) is 10.3. The monoisotopic (exact) mass is 310 g/mol. The minimum atomic E-state index is 0.0110. The number of aromatic nitrogens is 5. The summed E-state index contributed by atoms with van der Waals surface area (Å²) in [6, 6.07) is 1.87. The molecule has 1 N–H and O–H groups in total. The molecule has 0 radical (unpaired) electrons. The lowest BCUT2D eigenvalue weighted by molar-refractivity contribution is 0.305.